The highest BCUT2D eigenvalue weighted by Gasteiger charge is 2.39. The Balaban J connectivity index is 1.60. The quantitative estimate of drug-likeness (QED) is 0.694. The predicted octanol–water partition coefficient (Wildman–Crippen LogP) is 4.05. The first-order valence-corrected chi connectivity index (χ1v) is 10.1. The first kappa shape index (κ1) is 19.4. The number of benzene rings is 2. The first-order chi connectivity index (χ1) is 14.0. The Hall–Kier alpha value is -2.92. The van der Waals surface area contributed by atoms with Crippen molar-refractivity contribution < 1.29 is 4.79 Å². The molecule has 5 nitrogen and oxygen atoms in total. The number of amides is 1. The fraction of sp³-hybridized carbons (Fsp3) is 0.261. The van der Waals surface area contributed by atoms with Crippen molar-refractivity contribution in [1.82, 2.24) is 15.1 Å². The van der Waals surface area contributed by atoms with Crippen LogP contribution < -0.4 is 10.7 Å². The van der Waals surface area contributed by atoms with E-state index in [1.807, 2.05) is 30.3 Å². The molecule has 1 amide bonds. The fourth-order valence-corrected chi connectivity index (χ4v) is 4.08. The van der Waals surface area contributed by atoms with Crippen LogP contribution in [0.25, 0.3) is 5.69 Å². The van der Waals surface area contributed by atoms with E-state index in [9.17, 15) is 9.59 Å². The standard InChI is InChI=1S/C23H22ClN3O2/c1-16-14-20(28)21(26-27(16)19-11-6-5-10-18(19)24)22(29)25-15-23(12-7-13-23)17-8-3-2-4-9-17/h2-6,8-11,14H,7,12-13,15H2,1H3,(H,25,29). The molecule has 0 radical (unpaired) electrons. The Bertz CT molecular complexity index is 1100. The van der Waals surface area contributed by atoms with E-state index in [2.05, 4.69) is 22.5 Å². The molecule has 0 aliphatic heterocycles. The molecule has 29 heavy (non-hydrogen) atoms. The molecule has 0 saturated heterocycles. The second-order valence-electron chi connectivity index (χ2n) is 7.54. The van der Waals surface area contributed by atoms with Crippen molar-refractivity contribution in [3.63, 3.8) is 0 Å². The van der Waals surface area contributed by atoms with Gasteiger partial charge in [-0.1, -0.05) is 60.5 Å². The maximum atomic E-state index is 12.8. The summed E-state index contributed by atoms with van der Waals surface area (Å²) in [4.78, 5) is 25.3. The van der Waals surface area contributed by atoms with Crippen LogP contribution in [0.15, 0.2) is 65.5 Å². The summed E-state index contributed by atoms with van der Waals surface area (Å²) in [5.74, 6) is -0.460. The molecule has 0 atom stereocenters. The maximum absolute atomic E-state index is 12.8. The minimum absolute atomic E-state index is 0.0661. The Kier molecular flexibility index (Phi) is 5.24. The topological polar surface area (TPSA) is 64.0 Å². The lowest BCUT2D eigenvalue weighted by molar-refractivity contribution is 0.0920. The number of rotatable bonds is 5. The van der Waals surface area contributed by atoms with Crippen molar-refractivity contribution in [1.29, 1.82) is 0 Å². The van der Waals surface area contributed by atoms with Crippen molar-refractivity contribution in [3.05, 3.63) is 92.9 Å². The minimum Gasteiger partial charge on any atom is -0.350 e. The highest BCUT2D eigenvalue weighted by Crippen LogP contribution is 2.43. The highest BCUT2D eigenvalue weighted by atomic mass is 35.5. The van der Waals surface area contributed by atoms with Gasteiger partial charge in [0, 0.05) is 23.7 Å². The van der Waals surface area contributed by atoms with Gasteiger partial charge in [0.1, 0.15) is 0 Å². The summed E-state index contributed by atoms with van der Waals surface area (Å²) in [7, 11) is 0. The van der Waals surface area contributed by atoms with Crippen LogP contribution in [-0.2, 0) is 5.41 Å². The monoisotopic (exact) mass is 407 g/mol. The zero-order chi connectivity index (χ0) is 20.4. The number of halogens is 1. The van der Waals surface area contributed by atoms with E-state index in [-0.39, 0.29) is 11.1 Å². The SMILES string of the molecule is Cc1cc(=O)c(C(=O)NCC2(c3ccccc3)CCC2)nn1-c1ccccc1Cl. The molecule has 0 spiro atoms. The van der Waals surface area contributed by atoms with Gasteiger partial charge in [-0.25, -0.2) is 4.68 Å². The molecule has 4 rings (SSSR count). The van der Waals surface area contributed by atoms with Crippen LogP contribution in [0, 0.1) is 6.92 Å². The number of carbonyl (C=O) groups excluding carboxylic acids is 1. The van der Waals surface area contributed by atoms with Crippen LogP contribution in [0.2, 0.25) is 5.02 Å². The number of nitrogens with one attached hydrogen (secondary N) is 1. The van der Waals surface area contributed by atoms with Gasteiger partial charge in [0.15, 0.2) is 5.69 Å². The van der Waals surface area contributed by atoms with E-state index in [0.29, 0.717) is 22.9 Å². The first-order valence-electron chi connectivity index (χ1n) is 9.70. The molecule has 1 heterocycles. The van der Waals surface area contributed by atoms with E-state index in [4.69, 9.17) is 11.6 Å². The van der Waals surface area contributed by atoms with Gasteiger partial charge in [-0.3, -0.25) is 9.59 Å². The van der Waals surface area contributed by atoms with Crippen molar-refractivity contribution in [2.75, 3.05) is 6.54 Å². The molecule has 2 aromatic carbocycles. The van der Waals surface area contributed by atoms with Gasteiger partial charge < -0.3 is 5.32 Å². The lowest BCUT2D eigenvalue weighted by Crippen LogP contribution is -2.46. The van der Waals surface area contributed by atoms with Crippen molar-refractivity contribution in [2.24, 2.45) is 0 Å². The predicted molar refractivity (Wildman–Crippen MR) is 114 cm³/mol. The molecule has 0 bridgehead atoms. The third-order valence-electron chi connectivity index (χ3n) is 5.69. The molecule has 1 aromatic heterocycles. The smallest absolute Gasteiger partial charge is 0.275 e. The van der Waals surface area contributed by atoms with E-state index < -0.39 is 11.3 Å². The number of aryl methyl sites for hydroxylation is 1. The molecule has 1 aliphatic carbocycles. The van der Waals surface area contributed by atoms with Gasteiger partial charge in [0.05, 0.1) is 10.7 Å². The lowest BCUT2D eigenvalue weighted by atomic mass is 9.64. The van der Waals surface area contributed by atoms with Gasteiger partial charge in [-0.15, -0.1) is 0 Å². The zero-order valence-corrected chi connectivity index (χ0v) is 16.9. The molecule has 1 N–H and O–H groups in total. The molecule has 148 valence electrons. The summed E-state index contributed by atoms with van der Waals surface area (Å²) in [6, 6.07) is 18.8. The van der Waals surface area contributed by atoms with Crippen LogP contribution in [0.5, 0.6) is 0 Å². The molecule has 1 aliphatic rings. The average Bonchev–Trinajstić information content (AvgIpc) is 2.69. The van der Waals surface area contributed by atoms with Crippen LogP contribution in [0.4, 0.5) is 0 Å². The van der Waals surface area contributed by atoms with Crippen molar-refractivity contribution in [3.8, 4) is 5.69 Å². The lowest BCUT2D eigenvalue weighted by Gasteiger charge is -2.42. The molecule has 3 aromatic rings. The Morgan fingerprint density at radius 2 is 1.83 bits per heavy atom. The van der Waals surface area contributed by atoms with Gasteiger partial charge in [-0.05, 0) is 37.5 Å². The summed E-state index contributed by atoms with van der Waals surface area (Å²) < 4.78 is 1.54. The van der Waals surface area contributed by atoms with E-state index >= 15 is 0 Å². The maximum Gasteiger partial charge on any atom is 0.275 e. The summed E-state index contributed by atoms with van der Waals surface area (Å²) in [5.41, 5.74) is 1.86. The Morgan fingerprint density at radius 3 is 2.48 bits per heavy atom. The number of nitrogens with zero attached hydrogens (tertiary/aromatic N) is 2. The Labute approximate surface area is 174 Å². The normalized spacial score (nSPS) is 14.8. The highest BCUT2D eigenvalue weighted by molar-refractivity contribution is 6.32. The Morgan fingerprint density at radius 1 is 1.14 bits per heavy atom. The van der Waals surface area contributed by atoms with Crippen LogP contribution in [-0.4, -0.2) is 22.2 Å². The molecule has 1 fully saturated rings. The zero-order valence-electron chi connectivity index (χ0n) is 16.2. The van der Waals surface area contributed by atoms with Crippen molar-refractivity contribution >= 4 is 17.5 Å². The van der Waals surface area contributed by atoms with Gasteiger partial charge in [-0.2, -0.15) is 5.10 Å². The minimum atomic E-state index is -0.460. The number of carbonyl (C=O) groups is 1. The molecule has 0 unspecified atom stereocenters. The molecular formula is C23H22ClN3O2. The number of para-hydroxylation sites is 1. The van der Waals surface area contributed by atoms with Gasteiger partial charge in [0.2, 0.25) is 5.43 Å². The number of hydrogen-bond acceptors (Lipinski definition) is 3. The molecule has 1 saturated carbocycles. The average molecular weight is 408 g/mol. The van der Waals surface area contributed by atoms with Crippen LogP contribution in [0.3, 0.4) is 0 Å². The number of hydrogen-bond donors (Lipinski definition) is 1. The van der Waals surface area contributed by atoms with Crippen molar-refractivity contribution in [2.45, 2.75) is 31.6 Å². The van der Waals surface area contributed by atoms with E-state index in [1.54, 1.807) is 19.1 Å². The van der Waals surface area contributed by atoms with Gasteiger partial charge in [0.25, 0.3) is 5.91 Å². The third kappa shape index (κ3) is 3.70. The fourth-order valence-electron chi connectivity index (χ4n) is 3.87. The second-order valence-corrected chi connectivity index (χ2v) is 7.95. The van der Waals surface area contributed by atoms with E-state index in [1.165, 1.54) is 16.3 Å². The summed E-state index contributed by atoms with van der Waals surface area (Å²) in [6.07, 6.45) is 3.16. The van der Waals surface area contributed by atoms with Gasteiger partial charge >= 0.3 is 0 Å². The summed E-state index contributed by atoms with van der Waals surface area (Å²) in [5, 5.41) is 7.77. The van der Waals surface area contributed by atoms with Crippen LogP contribution in [0.1, 0.15) is 41.0 Å². The summed E-state index contributed by atoms with van der Waals surface area (Å²) in [6.45, 7) is 2.25. The van der Waals surface area contributed by atoms with E-state index in [0.717, 1.165) is 19.3 Å². The molecular weight excluding hydrogens is 386 g/mol. The molecule has 6 heteroatoms. The third-order valence-corrected chi connectivity index (χ3v) is 6.01. The summed E-state index contributed by atoms with van der Waals surface area (Å²) >= 11 is 6.28. The second kappa shape index (κ2) is 7.84. The largest absolute Gasteiger partial charge is 0.350 e. The van der Waals surface area contributed by atoms with Crippen LogP contribution >= 0.6 is 11.6 Å². The number of aromatic nitrogens is 2.